The van der Waals surface area contributed by atoms with Crippen LogP contribution in [0.1, 0.15) is 34.3 Å². The number of anilines is 1. The largest absolute Gasteiger partial charge is 0.619 e. The van der Waals surface area contributed by atoms with Crippen LogP contribution in [0, 0.1) is 5.21 Å². The van der Waals surface area contributed by atoms with Crippen molar-refractivity contribution in [2.24, 2.45) is 0 Å². The minimum Gasteiger partial charge on any atom is -0.619 e. The molecule has 1 aliphatic heterocycles. The number of hydrogen-bond donors (Lipinski definition) is 1. The van der Waals surface area contributed by atoms with Crippen LogP contribution in [-0.2, 0) is 4.74 Å². The van der Waals surface area contributed by atoms with E-state index in [1.165, 1.54) is 35.9 Å². The molecule has 7 nitrogen and oxygen atoms in total. The third-order valence-corrected chi connectivity index (χ3v) is 3.86. The molecule has 1 N–H and O–H groups in total. The van der Waals surface area contributed by atoms with Crippen molar-refractivity contribution in [3.8, 4) is 0 Å². The van der Waals surface area contributed by atoms with Crippen LogP contribution in [0.5, 0.6) is 0 Å². The molecule has 0 bridgehead atoms. The zero-order valence-electron chi connectivity index (χ0n) is 10.5. The first-order chi connectivity index (χ1) is 9.72. The smallest absolute Gasteiger partial charge is 0.257 e. The number of ether oxygens (including phenoxy) is 1. The van der Waals surface area contributed by atoms with Crippen LogP contribution in [0.25, 0.3) is 0 Å². The Morgan fingerprint density at radius 1 is 1.45 bits per heavy atom. The van der Waals surface area contributed by atoms with E-state index in [0.29, 0.717) is 15.4 Å². The van der Waals surface area contributed by atoms with Crippen LogP contribution in [0.2, 0.25) is 0 Å². The minimum absolute atomic E-state index is 0.00528. The van der Waals surface area contributed by atoms with Crippen LogP contribution < -0.4 is 10.0 Å². The molecule has 8 heteroatoms. The molecule has 0 radical (unpaired) electrons. The quantitative estimate of drug-likeness (QED) is 0.679. The summed E-state index contributed by atoms with van der Waals surface area (Å²) in [6.07, 6.45) is 4.49. The molecule has 1 aliphatic rings. The van der Waals surface area contributed by atoms with Gasteiger partial charge in [-0.25, -0.2) is 0 Å². The van der Waals surface area contributed by atoms with E-state index >= 15 is 0 Å². The molecule has 0 spiro atoms. The van der Waals surface area contributed by atoms with Gasteiger partial charge in [-0.1, -0.05) is 11.3 Å². The predicted molar refractivity (Wildman–Crippen MR) is 71.2 cm³/mol. The standard InChI is InChI=1S/C12H12N4O3S/c17-10(8-3-5-16(18)6-4-8)13-12-15-14-11(20-12)9-2-1-7-19-9/h3-6,9H,1-2,7H2,(H,13,15,17). The summed E-state index contributed by atoms with van der Waals surface area (Å²) < 4.78 is 6.14. The zero-order valence-corrected chi connectivity index (χ0v) is 11.3. The first-order valence-electron chi connectivity index (χ1n) is 6.17. The molecule has 104 valence electrons. The van der Waals surface area contributed by atoms with Gasteiger partial charge in [0.25, 0.3) is 5.91 Å². The molecule has 1 unspecified atom stereocenters. The molecule has 0 aliphatic carbocycles. The average Bonchev–Trinajstić information content (AvgIpc) is 3.09. The molecule has 1 atom stereocenters. The number of pyridine rings is 1. The van der Waals surface area contributed by atoms with Gasteiger partial charge in [0.1, 0.15) is 11.1 Å². The van der Waals surface area contributed by atoms with Gasteiger partial charge >= 0.3 is 0 Å². The molecule has 3 rings (SSSR count). The predicted octanol–water partition coefficient (Wildman–Crippen LogP) is 1.28. The maximum absolute atomic E-state index is 11.9. The Morgan fingerprint density at radius 3 is 2.95 bits per heavy atom. The summed E-state index contributed by atoms with van der Waals surface area (Å²) in [5.74, 6) is -0.319. The summed E-state index contributed by atoms with van der Waals surface area (Å²) >= 11 is 1.31. The van der Waals surface area contributed by atoms with Crippen molar-refractivity contribution in [1.29, 1.82) is 0 Å². The van der Waals surface area contributed by atoms with Gasteiger partial charge in [0.05, 0.1) is 5.56 Å². The Hall–Kier alpha value is -2.06. The SMILES string of the molecule is O=C(Nc1nnc(C2CCCO2)s1)c1cc[n+]([O-])cc1. The van der Waals surface area contributed by atoms with Crippen LogP contribution in [0.15, 0.2) is 24.5 Å². The number of nitrogens with one attached hydrogen (secondary N) is 1. The van der Waals surface area contributed by atoms with Gasteiger partial charge in [0.15, 0.2) is 12.4 Å². The number of amides is 1. The van der Waals surface area contributed by atoms with E-state index in [0.717, 1.165) is 24.5 Å². The zero-order chi connectivity index (χ0) is 13.9. The first-order valence-corrected chi connectivity index (χ1v) is 6.99. The molecule has 1 saturated heterocycles. The lowest BCUT2D eigenvalue weighted by Crippen LogP contribution is -2.25. The van der Waals surface area contributed by atoms with E-state index in [1.807, 2.05) is 0 Å². The van der Waals surface area contributed by atoms with Crippen LogP contribution in [0.3, 0.4) is 0 Å². The number of carbonyl (C=O) groups excluding carboxylic acids is 1. The van der Waals surface area contributed by atoms with Crippen molar-refractivity contribution in [2.75, 3.05) is 11.9 Å². The van der Waals surface area contributed by atoms with Crippen molar-refractivity contribution in [1.82, 2.24) is 10.2 Å². The Bertz CT molecular complexity index is 607. The minimum atomic E-state index is -0.319. The van der Waals surface area contributed by atoms with Gasteiger partial charge in [-0.05, 0) is 12.8 Å². The Balaban J connectivity index is 1.68. The Morgan fingerprint density at radius 2 is 2.25 bits per heavy atom. The molecule has 2 aromatic rings. The molecule has 2 aromatic heterocycles. The maximum atomic E-state index is 11.9. The van der Waals surface area contributed by atoms with Gasteiger partial charge in [-0.2, -0.15) is 4.73 Å². The third kappa shape index (κ3) is 2.75. The van der Waals surface area contributed by atoms with Gasteiger partial charge in [-0.3, -0.25) is 10.1 Å². The van der Waals surface area contributed by atoms with Gasteiger partial charge < -0.3 is 9.94 Å². The molecule has 20 heavy (non-hydrogen) atoms. The third-order valence-electron chi connectivity index (χ3n) is 2.93. The lowest BCUT2D eigenvalue weighted by molar-refractivity contribution is -0.605. The summed E-state index contributed by atoms with van der Waals surface area (Å²) in [4.78, 5) is 11.9. The van der Waals surface area contributed by atoms with Crippen molar-refractivity contribution in [3.05, 3.63) is 40.3 Å². The highest BCUT2D eigenvalue weighted by molar-refractivity contribution is 7.15. The molecule has 3 heterocycles. The number of hydrogen-bond acceptors (Lipinski definition) is 6. The van der Waals surface area contributed by atoms with E-state index < -0.39 is 0 Å². The van der Waals surface area contributed by atoms with Crippen LogP contribution in [-0.4, -0.2) is 22.7 Å². The number of aromatic nitrogens is 3. The molecule has 0 aromatic carbocycles. The van der Waals surface area contributed by atoms with Crippen molar-refractivity contribution < 1.29 is 14.3 Å². The Labute approximate surface area is 118 Å². The summed E-state index contributed by atoms with van der Waals surface area (Å²) in [6, 6.07) is 2.90. The van der Waals surface area contributed by atoms with Gasteiger partial charge in [0, 0.05) is 18.7 Å². The highest BCUT2D eigenvalue weighted by Gasteiger charge is 2.22. The maximum Gasteiger partial charge on any atom is 0.257 e. The molecule has 1 amide bonds. The number of carbonyl (C=O) groups is 1. The van der Waals surface area contributed by atoms with E-state index in [-0.39, 0.29) is 12.0 Å². The second-order valence-electron chi connectivity index (χ2n) is 4.35. The number of rotatable bonds is 3. The number of nitrogens with zero attached hydrogens (tertiary/aromatic N) is 3. The lowest BCUT2D eigenvalue weighted by atomic mass is 10.2. The molecular formula is C12H12N4O3S. The van der Waals surface area contributed by atoms with E-state index in [4.69, 9.17) is 4.74 Å². The highest BCUT2D eigenvalue weighted by Crippen LogP contribution is 2.31. The van der Waals surface area contributed by atoms with Crippen molar-refractivity contribution in [3.63, 3.8) is 0 Å². The summed E-state index contributed by atoms with van der Waals surface area (Å²) in [6.45, 7) is 0.741. The first kappa shape index (κ1) is 12.9. The summed E-state index contributed by atoms with van der Waals surface area (Å²) in [5.41, 5.74) is 0.394. The van der Waals surface area contributed by atoms with Crippen molar-refractivity contribution in [2.45, 2.75) is 18.9 Å². The fourth-order valence-electron chi connectivity index (χ4n) is 1.92. The van der Waals surface area contributed by atoms with Crippen LogP contribution in [0.4, 0.5) is 5.13 Å². The fourth-order valence-corrected chi connectivity index (χ4v) is 2.74. The summed E-state index contributed by atoms with van der Waals surface area (Å²) in [7, 11) is 0. The monoisotopic (exact) mass is 292 g/mol. The van der Waals surface area contributed by atoms with Gasteiger partial charge in [0.2, 0.25) is 5.13 Å². The molecule has 0 saturated carbocycles. The topological polar surface area (TPSA) is 91.0 Å². The molecule has 1 fully saturated rings. The normalized spacial score (nSPS) is 18.1. The van der Waals surface area contributed by atoms with E-state index in [9.17, 15) is 10.0 Å². The van der Waals surface area contributed by atoms with Crippen molar-refractivity contribution >= 4 is 22.4 Å². The second kappa shape index (κ2) is 5.51. The lowest BCUT2D eigenvalue weighted by Gasteiger charge is -2.02. The second-order valence-corrected chi connectivity index (χ2v) is 5.36. The Kier molecular flexibility index (Phi) is 3.57. The van der Waals surface area contributed by atoms with E-state index in [2.05, 4.69) is 15.5 Å². The average molecular weight is 292 g/mol. The fraction of sp³-hybridized carbons (Fsp3) is 0.333. The van der Waals surface area contributed by atoms with Crippen LogP contribution >= 0.6 is 11.3 Å². The highest BCUT2D eigenvalue weighted by atomic mass is 32.1. The summed E-state index contributed by atoms with van der Waals surface area (Å²) in [5, 5.41) is 22.7. The molecular weight excluding hydrogens is 280 g/mol. The van der Waals surface area contributed by atoms with E-state index in [1.54, 1.807) is 0 Å². The van der Waals surface area contributed by atoms with Gasteiger partial charge in [-0.15, -0.1) is 10.2 Å².